The highest BCUT2D eigenvalue weighted by molar-refractivity contribution is 7.80. The van der Waals surface area contributed by atoms with E-state index < -0.39 is 0 Å². The Morgan fingerprint density at radius 3 is 2.18 bits per heavy atom. The molecule has 0 aliphatic heterocycles. The molecule has 34 heavy (non-hydrogen) atoms. The van der Waals surface area contributed by atoms with Gasteiger partial charge in [-0.15, -0.1) is 0 Å². The fourth-order valence-electron chi connectivity index (χ4n) is 3.57. The molecule has 0 spiro atoms. The molecule has 0 bridgehead atoms. The van der Waals surface area contributed by atoms with Gasteiger partial charge in [-0.2, -0.15) is 0 Å². The summed E-state index contributed by atoms with van der Waals surface area (Å²) in [6, 6.07) is 14.1. The SMILES string of the molecule is CCC(C)(C)c1ccc(OCCCCNC(=S)Nc2ccc(C(C)=O)cc2)c(C(C)(C)CC)c1. The third-order valence-corrected chi connectivity index (χ3v) is 7.17. The van der Waals surface area contributed by atoms with Crippen molar-refractivity contribution in [3.63, 3.8) is 0 Å². The van der Waals surface area contributed by atoms with Gasteiger partial charge in [-0.25, -0.2) is 0 Å². The fraction of sp³-hybridized carbons (Fsp3) is 0.517. The van der Waals surface area contributed by atoms with E-state index in [9.17, 15) is 4.79 Å². The largest absolute Gasteiger partial charge is 0.493 e. The van der Waals surface area contributed by atoms with Crippen LogP contribution < -0.4 is 15.4 Å². The summed E-state index contributed by atoms with van der Waals surface area (Å²) in [6.45, 7) is 16.7. The van der Waals surface area contributed by atoms with Gasteiger partial charge in [-0.1, -0.05) is 53.7 Å². The lowest BCUT2D eigenvalue weighted by atomic mass is 9.76. The van der Waals surface area contributed by atoms with Gasteiger partial charge < -0.3 is 15.4 Å². The van der Waals surface area contributed by atoms with Crippen molar-refractivity contribution in [3.05, 3.63) is 59.2 Å². The Hall–Kier alpha value is -2.40. The minimum absolute atomic E-state index is 0.0561. The smallest absolute Gasteiger partial charge is 0.170 e. The first-order valence-electron chi connectivity index (χ1n) is 12.4. The number of rotatable bonds is 12. The number of anilines is 1. The number of ketones is 1. The van der Waals surface area contributed by atoms with Crippen LogP contribution in [0, 0.1) is 0 Å². The molecule has 5 heteroatoms. The highest BCUT2D eigenvalue weighted by Crippen LogP contribution is 2.38. The Balaban J connectivity index is 1.84. The summed E-state index contributed by atoms with van der Waals surface area (Å²) < 4.78 is 6.26. The number of benzene rings is 2. The van der Waals surface area contributed by atoms with Gasteiger partial charge >= 0.3 is 0 Å². The van der Waals surface area contributed by atoms with Gasteiger partial charge in [-0.3, -0.25) is 4.79 Å². The summed E-state index contributed by atoms with van der Waals surface area (Å²) in [5, 5.41) is 6.98. The summed E-state index contributed by atoms with van der Waals surface area (Å²) in [5.41, 5.74) is 4.46. The zero-order valence-corrected chi connectivity index (χ0v) is 22.8. The highest BCUT2D eigenvalue weighted by atomic mass is 32.1. The number of unbranched alkanes of at least 4 members (excludes halogenated alkanes) is 1. The first-order chi connectivity index (χ1) is 16.0. The second-order valence-corrected chi connectivity index (χ2v) is 10.7. The lowest BCUT2D eigenvalue weighted by molar-refractivity contribution is 0.101. The van der Waals surface area contributed by atoms with E-state index in [2.05, 4.69) is 70.4 Å². The molecule has 0 aromatic heterocycles. The van der Waals surface area contributed by atoms with Crippen molar-refractivity contribution in [1.29, 1.82) is 0 Å². The molecule has 0 unspecified atom stereocenters. The van der Waals surface area contributed by atoms with Crippen molar-refractivity contribution in [2.24, 2.45) is 0 Å². The average molecular weight is 483 g/mol. The standard InChI is InChI=1S/C29H42N2O2S/c1-8-28(4,5)23-14-17-26(25(20-23)29(6,7)9-2)33-19-11-10-18-30-27(34)31-24-15-12-22(13-16-24)21(3)32/h12-17,20H,8-11,18-19H2,1-7H3,(H2,30,31,34). The number of nitrogens with one attached hydrogen (secondary N) is 2. The lowest BCUT2D eigenvalue weighted by Gasteiger charge is -2.30. The first kappa shape index (κ1) is 27.8. The third kappa shape index (κ3) is 7.83. The normalized spacial score (nSPS) is 11.7. The van der Waals surface area contributed by atoms with Crippen molar-refractivity contribution in [1.82, 2.24) is 5.32 Å². The lowest BCUT2D eigenvalue weighted by Crippen LogP contribution is -2.29. The number of carbonyl (C=O) groups excluding carboxylic acids is 1. The molecule has 0 amide bonds. The molecule has 2 rings (SSSR count). The summed E-state index contributed by atoms with van der Waals surface area (Å²) in [7, 11) is 0. The molecule has 2 aromatic rings. The first-order valence-corrected chi connectivity index (χ1v) is 12.8. The van der Waals surface area contributed by atoms with Crippen molar-refractivity contribution < 1.29 is 9.53 Å². The van der Waals surface area contributed by atoms with Crippen molar-refractivity contribution in [2.75, 3.05) is 18.5 Å². The number of carbonyl (C=O) groups is 1. The van der Waals surface area contributed by atoms with Crippen LogP contribution in [0.2, 0.25) is 0 Å². The van der Waals surface area contributed by atoms with Gasteiger partial charge in [0, 0.05) is 23.4 Å². The van der Waals surface area contributed by atoms with Crippen molar-refractivity contribution in [3.8, 4) is 5.75 Å². The molecule has 0 saturated carbocycles. The Morgan fingerprint density at radius 2 is 1.59 bits per heavy atom. The molecule has 2 aromatic carbocycles. The number of ether oxygens (including phenoxy) is 1. The van der Waals surface area contributed by atoms with Crippen molar-refractivity contribution in [2.45, 2.75) is 85.0 Å². The van der Waals surface area contributed by atoms with Crippen LogP contribution in [0.5, 0.6) is 5.75 Å². The zero-order chi connectivity index (χ0) is 25.4. The van der Waals surface area contributed by atoms with Crippen LogP contribution in [0.25, 0.3) is 0 Å². The van der Waals surface area contributed by atoms with Crippen LogP contribution in [0.3, 0.4) is 0 Å². The molecule has 2 N–H and O–H groups in total. The van der Waals surface area contributed by atoms with E-state index in [1.807, 2.05) is 12.1 Å². The number of Topliss-reactive ketones (excluding diaryl/α,β-unsaturated/α-hetero) is 1. The summed E-state index contributed by atoms with van der Waals surface area (Å²) in [6.07, 6.45) is 4.06. The number of thiocarbonyl (C=S) groups is 1. The molecule has 4 nitrogen and oxygen atoms in total. The van der Waals surface area contributed by atoms with E-state index in [-0.39, 0.29) is 16.6 Å². The molecule has 0 saturated heterocycles. The van der Waals surface area contributed by atoms with Gasteiger partial charge in [0.2, 0.25) is 0 Å². The Bertz CT molecular complexity index is 965. The number of hydrogen-bond donors (Lipinski definition) is 2. The molecule has 0 radical (unpaired) electrons. The van der Waals surface area contributed by atoms with Gasteiger partial charge in [0.15, 0.2) is 10.9 Å². The minimum atomic E-state index is 0.0561. The van der Waals surface area contributed by atoms with Crippen LogP contribution in [-0.2, 0) is 10.8 Å². The van der Waals surface area contributed by atoms with E-state index in [1.165, 1.54) is 11.1 Å². The molecule has 0 aliphatic rings. The van der Waals surface area contributed by atoms with E-state index in [0.29, 0.717) is 17.3 Å². The Kier molecular flexibility index (Phi) is 10.1. The average Bonchev–Trinajstić information content (AvgIpc) is 2.81. The number of hydrogen-bond acceptors (Lipinski definition) is 3. The molecule has 0 aliphatic carbocycles. The predicted octanol–water partition coefficient (Wildman–Crippen LogP) is 7.41. The van der Waals surface area contributed by atoms with Gasteiger partial charge in [0.25, 0.3) is 0 Å². The van der Waals surface area contributed by atoms with E-state index in [1.54, 1.807) is 19.1 Å². The molecular weight excluding hydrogens is 440 g/mol. The van der Waals surface area contributed by atoms with E-state index in [0.717, 1.165) is 43.7 Å². The summed E-state index contributed by atoms with van der Waals surface area (Å²) in [5.74, 6) is 1.06. The van der Waals surface area contributed by atoms with E-state index >= 15 is 0 Å². The van der Waals surface area contributed by atoms with Crippen LogP contribution in [0.15, 0.2) is 42.5 Å². The molecule has 0 fully saturated rings. The zero-order valence-electron chi connectivity index (χ0n) is 22.0. The third-order valence-electron chi connectivity index (χ3n) is 6.92. The Morgan fingerprint density at radius 1 is 0.941 bits per heavy atom. The predicted molar refractivity (Wildman–Crippen MR) is 148 cm³/mol. The van der Waals surface area contributed by atoms with Gasteiger partial charge in [0.1, 0.15) is 5.75 Å². The fourth-order valence-corrected chi connectivity index (χ4v) is 3.79. The maximum Gasteiger partial charge on any atom is 0.170 e. The highest BCUT2D eigenvalue weighted by Gasteiger charge is 2.26. The topological polar surface area (TPSA) is 50.4 Å². The van der Waals surface area contributed by atoms with Crippen LogP contribution in [0.4, 0.5) is 5.69 Å². The second kappa shape index (κ2) is 12.3. The molecular formula is C29H42N2O2S. The van der Waals surface area contributed by atoms with Gasteiger partial charge in [0.05, 0.1) is 6.61 Å². The maximum atomic E-state index is 11.4. The molecule has 186 valence electrons. The van der Waals surface area contributed by atoms with Crippen molar-refractivity contribution >= 4 is 28.8 Å². The van der Waals surface area contributed by atoms with E-state index in [4.69, 9.17) is 17.0 Å². The second-order valence-electron chi connectivity index (χ2n) is 10.3. The maximum absolute atomic E-state index is 11.4. The monoisotopic (exact) mass is 482 g/mol. The quantitative estimate of drug-likeness (QED) is 0.187. The minimum Gasteiger partial charge on any atom is -0.493 e. The van der Waals surface area contributed by atoms with Crippen LogP contribution >= 0.6 is 12.2 Å². The van der Waals surface area contributed by atoms with Gasteiger partial charge in [-0.05, 0) is 91.6 Å². The Labute approximate surface area is 211 Å². The van der Waals surface area contributed by atoms with Crippen LogP contribution in [0.1, 0.15) is 95.6 Å². The molecule has 0 atom stereocenters. The summed E-state index contributed by atoms with van der Waals surface area (Å²) in [4.78, 5) is 11.4. The van der Waals surface area contributed by atoms with Crippen LogP contribution in [-0.4, -0.2) is 24.0 Å². The summed E-state index contributed by atoms with van der Waals surface area (Å²) >= 11 is 5.38. The molecule has 0 heterocycles.